The third-order valence-electron chi connectivity index (χ3n) is 6.93. The van der Waals surface area contributed by atoms with Gasteiger partial charge in [0.2, 0.25) is 5.91 Å². The Bertz CT molecular complexity index is 1760. The van der Waals surface area contributed by atoms with Crippen LogP contribution in [0.5, 0.6) is 0 Å². The second-order valence-electron chi connectivity index (χ2n) is 9.53. The number of fused-ring (bicyclic) bond motifs is 1. The molecule has 1 saturated heterocycles. The molecule has 8 nitrogen and oxygen atoms in total. The van der Waals surface area contributed by atoms with Crippen molar-refractivity contribution in [3.63, 3.8) is 0 Å². The minimum atomic E-state index is -2.86. The minimum Gasteiger partial charge on any atom is -0.383 e. The van der Waals surface area contributed by atoms with Crippen molar-refractivity contribution >= 4 is 38.2 Å². The number of halogens is 3. The van der Waals surface area contributed by atoms with Crippen LogP contribution >= 0.6 is 0 Å². The third-order valence-corrected chi connectivity index (χ3v) is 9.32. The van der Waals surface area contributed by atoms with Gasteiger partial charge in [-0.1, -0.05) is 24.8 Å². The van der Waals surface area contributed by atoms with E-state index in [1.54, 1.807) is 23.7 Å². The summed E-state index contributed by atoms with van der Waals surface area (Å²) in [5.74, 6) is -0.152. The molecule has 1 amide bonds. The lowest BCUT2D eigenvalue weighted by Gasteiger charge is -2.15. The topological polar surface area (TPSA) is 115 Å². The molecular formula is C28H27F3N6O2S. The number of nitrogens with one attached hydrogen (secondary N) is 1. The number of alkyl halides is 2. The molecule has 0 atom stereocenters. The molecular weight excluding hydrogens is 541 g/mol. The highest BCUT2D eigenvalue weighted by Gasteiger charge is 2.26. The number of aryl methyl sites for hydroxylation is 1. The number of rotatable bonds is 7. The Balaban J connectivity index is 1.71. The minimum absolute atomic E-state index is 0.0131. The number of amides is 1. The van der Waals surface area contributed by atoms with Gasteiger partial charge in [-0.25, -0.2) is 27.3 Å². The zero-order chi connectivity index (χ0) is 28.6. The van der Waals surface area contributed by atoms with E-state index in [9.17, 15) is 17.8 Å². The first-order chi connectivity index (χ1) is 19.1. The summed E-state index contributed by atoms with van der Waals surface area (Å²) in [7, 11) is -0.842. The fourth-order valence-electron chi connectivity index (χ4n) is 5.02. The van der Waals surface area contributed by atoms with Gasteiger partial charge in [0, 0.05) is 41.8 Å². The number of aromatic nitrogens is 3. The van der Waals surface area contributed by atoms with Crippen LogP contribution in [-0.2, 0) is 28.1 Å². The van der Waals surface area contributed by atoms with Gasteiger partial charge in [-0.2, -0.15) is 4.36 Å². The molecule has 1 fully saturated rings. The molecule has 12 heteroatoms. The maximum atomic E-state index is 15.4. The van der Waals surface area contributed by atoms with Gasteiger partial charge >= 0.3 is 0 Å². The zero-order valence-electron chi connectivity index (χ0n) is 21.7. The summed E-state index contributed by atoms with van der Waals surface area (Å²) in [6.45, 7) is 3.42. The first kappa shape index (κ1) is 27.4. The molecule has 2 aromatic carbocycles. The maximum Gasteiger partial charge on any atom is 0.264 e. The van der Waals surface area contributed by atoms with Gasteiger partial charge < -0.3 is 15.6 Å². The molecule has 0 aliphatic carbocycles. The van der Waals surface area contributed by atoms with E-state index in [2.05, 4.69) is 26.2 Å². The highest BCUT2D eigenvalue weighted by Crippen LogP contribution is 2.45. The van der Waals surface area contributed by atoms with Crippen molar-refractivity contribution in [2.45, 2.75) is 25.8 Å². The monoisotopic (exact) mass is 568 g/mol. The second kappa shape index (κ2) is 10.8. The van der Waals surface area contributed by atoms with Crippen LogP contribution in [0.4, 0.5) is 24.7 Å². The van der Waals surface area contributed by atoms with Gasteiger partial charge in [-0.3, -0.25) is 4.79 Å². The molecule has 4 aromatic rings. The molecule has 3 heterocycles. The number of hydrogen-bond donors (Lipinski definition) is 2. The Morgan fingerprint density at radius 2 is 1.98 bits per heavy atom. The molecule has 1 aliphatic rings. The lowest BCUT2D eigenvalue weighted by Crippen LogP contribution is -2.20. The number of anilines is 1. The van der Waals surface area contributed by atoms with Crippen LogP contribution in [0.2, 0.25) is 0 Å². The van der Waals surface area contributed by atoms with Crippen LogP contribution in [0, 0.1) is 5.82 Å². The normalized spacial score (nSPS) is 14.5. The highest BCUT2D eigenvalue weighted by atomic mass is 32.2. The molecule has 2 aromatic heterocycles. The largest absolute Gasteiger partial charge is 0.383 e. The third kappa shape index (κ3) is 5.06. The molecule has 0 bridgehead atoms. The lowest BCUT2D eigenvalue weighted by atomic mass is 9.94. The Morgan fingerprint density at radius 3 is 2.65 bits per heavy atom. The quantitative estimate of drug-likeness (QED) is 0.279. The molecule has 1 aliphatic heterocycles. The molecule has 0 spiro atoms. The van der Waals surface area contributed by atoms with Crippen LogP contribution in [0.25, 0.3) is 33.4 Å². The number of hydrogen-bond acceptors (Lipinski definition) is 6. The van der Waals surface area contributed by atoms with E-state index in [4.69, 9.17) is 5.73 Å². The number of carbonyl (C=O) groups excluding carboxylic acids is 1. The van der Waals surface area contributed by atoms with Crippen LogP contribution in [0.3, 0.4) is 0 Å². The van der Waals surface area contributed by atoms with E-state index in [0.29, 0.717) is 44.9 Å². The second-order valence-corrected chi connectivity index (χ2v) is 12.1. The molecule has 5 rings (SSSR count). The zero-order valence-corrected chi connectivity index (χ0v) is 22.5. The van der Waals surface area contributed by atoms with Gasteiger partial charge in [-0.15, -0.1) is 0 Å². The van der Waals surface area contributed by atoms with Crippen molar-refractivity contribution in [1.82, 2.24) is 19.9 Å². The summed E-state index contributed by atoms with van der Waals surface area (Å²) in [5, 5.41) is 2.96. The van der Waals surface area contributed by atoms with Gasteiger partial charge in [-0.05, 0) is 48.2 Å². The van der Waals surface area contributed by atoms with Crippen LogP contribution in [0.1, 0.15) is 30.4 Å². The predicted molar refractivity (Wildman–Crippen MR) is 150 cm³/mol. The maximum absolute atomic E-state index is 15.4. The first-order valence-electron chi connectivity index (χ1n) is 12.5. The summed E-state index contributed by atoms with van der Waals surface area (Å²) >= 11 is 0. The van der Waals surface area contributed by atoms with Crippen LogP contribution < -0.4 is 11.1 Å². The molecule has 0 radical (unpaired) electrons. The van der Waals surface area contributed by atoms with Crippen molar-refractivity contribution in [2.24, 2.45) is 11.4 Å². The van der Waals surface area contributed by atoms with E-state index in [-0.39, 0.29) is 29.2 Å². The standard InChI is InChI=1S/C28H27F3N6O2S/c1-3-22(38)33-14-16-6-8-18(19(12-16)26(30)31)25-23(24-27(32)34-15-35-28(24)37(25)2)17-7-9-21(20(29)13-17)36-40(39)10-4-5-11-40/h3,6-9,12-13,15,26H,1,4-5,10-11,14H2,2H3,(H,33,38)(H2,32,34,35). The average Bonchev–Trinajstić information content (AvgIpc) is 3.49. The number of nitrogens with two attached hydrogens (primary N) is 1. The Kier molecular flexibility index (Phi) is 7.37. The van der Waals surface area contributed by atoms with Gasteiger partial charge in [0.25, 0.3) is 6.43 Å². The highest BCUT2D eigenvalue weighted by molar-refractivity contribution is 7.93. The summed E-state index contributed by atoms with van der Waals surface area (Å²) in [5.41, 5.74) is 8.04. The summed E-state index contributed by atoms with van der Waals surface area (Å²) in [4.78, 5) is 20.0. The lowest BCUT2D eigenvalue weighted by molar-refractivity contribution is -0.116. The Hall–Kier alpha value is -4.19. The van der Waals surface area contributed by atoms with E-state index in [1.807, 2.05) is 0 Å². The summed E-state index contributed by atoms with van der Waals surface area (Å²) in [6.07, 6.45) is 1.07. The van der Waals surface area contributed by atoms with E-state index in [0.717, 1.165) is 18.9 Å². The van der Waals surface area contributed by atoms with Crippen molar-refractivity contribution in [3.05, 3.63) is 72.3 Å². The predicted octanol–water partition coefficient (Wildman–Crippen LogP) is 5.66. The van der Waals surface area contributed by atoms with E-state index < -0.39 is 27.9 Å². The molecule has 3 N–H and O–H groups in total. The number of nitrogen functional groups attached to an aromatic ring is 1. The van der Waals surface area contributed by atoms with Crippen LogP contribution in [0.15, 0.2) is 59.7 Å². The van der Waals surface area contributed by atoms with Crippen molar-refractivity contribution in [3.8, 4) is 22.4 Å². The fraction of sp³-hybridized carbons (Fsp3) is 0.250. The van der Waals surface area contributed by atoms with Gasteiger partial charge in [0.1, 0.15) is 29.3 Å². The number of carbonyl (C=O) groups is 1. The molecule has 0 saturated carbocycles. The van der Waals surface area contributed by atoms with E-state index in [1.165, 1.54) is 30.6 Å². The van der Waals surface area contributed by atoms with Gasteiger partial charge in [0.15, 0.2) is 0 Å². The van der Waals surface area contributed by atoms with Crippen molar-refractivity contribution in [2.75, 3.05) is 17.2 Å². The Morgan fingerprint density at radius 1 is 1.23 bits per heavy atom. The van der Waals surface area contributed by atoms with Crippen molar-refractivity contribution < 1.29 is 22.2 Å². The number of nitrogens with zero attached hydrogens (tertiary/aromatic N) is 4. The number of benzene rings is 2. The molecule has 208 valence electrons. The smallest absolute Gasteiger partial charge is 0.264 e. The van der Waals surface area contributed by atoms with Crippen LogP contribution in [-0.4, -0.2) is 36.2 Å². The van der Waals surface area contributed by atoms with Gasteiger partial charge in [0.05, 0.1) is 20.8 Å². The Labute approximate surface area is 229 Å². The summed E-state index contributed by atoms with van der Waals surface area (Å²) < 4.78 is 63.0. The van der Waals surface area contributed by atoms with Crippen molar-refractivity contribution in [1.29, 1.82) is 0 Å². The SMILES string of the molecule is C=CC(=O)NCc1ccc(-c2c(-c3ccc(N=S4(=O)CCCC4)c(F)c3)c3c(N)ncnc3n2C)c(C(F)F)c1. The first-order valence-corrected chi connectivity index (χ1v) is 14.4. The molecule has 0 unspecified atom stereocenters. The molecule has 40 heavy (non-hydrogen) atoms. The van der Waals surface area contributed by atoms with E-state index >= 15 is 4.39 Å². The fourth-order valence-corrected chi connectivity index (χ4v) is 7.22. The summed E-state index contributed by atoms with van der Waals surface area (Å²) in [6, 6.07) is 8.76. The average molecular weight is 569 g/mol.